The van der Waals surface area contributed by atoms with Crippen LogP contribution >= 0.6 is 11.6 Å². The van der Waals surface area contributed by atoms with E-state index in [1.807, 2.05) is 6.07 Å². The minimum absolute atomic E-state index is 0.146. The number of rotatable bonds is 4. The van der Waals surface area contributed by atoms with Gasteiger partial charge < -0.3 is 0 Å². The van der Waals surface area contributed by atoms with Crippen molar-refractivity contribution >= 4 is 11.6 Å². The van der Waals surface area contributed by atoms with E-state index in [0.717, 1.165) is 5.56 Å². The molecule has 0 aliphatic heterocycles. The van der Waals surface area contributed by atoms with Gasteiger partial charge in [-0.1, -0.05) is 18.2 Å². The van der Waals surface area contributed by atoms with E-state index in [2.05, 4.69) is 0 Å². The van der Waals surface area contributed by atoms with Crippen LogP contribution in [0.3, 0.4) is 0 Å². The Kier molecular flexibility index (Phi) is 2.96. The second-order valence-corrected chi connectivity index (χ2v) is 4.41. The minimum Gasteiger partial charge on any atom is -0.201 e. The largest absolute Gasteiger partial charge is 0.276 e. The van der Waals surface area contributed by atoms with Crippen molar-refractivity contribution in [3.05, 3.63) is 35.4 Å². The summed E-state index contributed by atoms with van der Waals surface area (Å²) in [6.07, 6.45) is 1.94. The summed E-state index contributed by atoms with van der Waals surface area (Å²) in [5.41, 5.74) is 1.04. The molecule has 1 saturated carbocycles. The molecule has 0 bridgehead atoms. The van der Waals surface area contributed by atoms with Crippen LogP contribution in [-0.4, -0.2) is 5.88 Å². The van der Waals surface area contributed by atoms with Gasteiger partial charge in [0.15, 0.2) is 0 Å². The lowest BCUT2D eigenvalue weighted by Crippen LogP contribution is -2.16. The quantitative estimate of drug-likeness (QED) is 0.687. The first-order valence-corrected chi connectivity index (χ1v) is 5.71. The monoisotopic (exact) mass is 230 g/mol. The van der Waals surface area contributed by atoms with Crippen LogP contribution in [0.2, 0.25) is 0 Å². The third-order valence-corrected chi connectivity index (χ3v) is 2.97. The maximum atomic E-state index is 13.7. The summed E-state index contributed by atoms with van der Waals surface area (Å²) >= 11 is 5.59. The average Bonchev–Trinajstić information content (AvgIpc) is 3.02. The highest BCUT2D eigenvalue weighted by Gasteiger charge is 2.47. The van der Waals surface area contributed by atoms with Gasteiger partial charge in [-0.15, -0.1) is 11.6 Å². The summed E-state index contributed by atoms with van der Waals surface area (Å²) in [5.74, 6) is -2.62. The van der Waals surface area contributed by atoms with Gasteiger partial charge in [0, 0.05) is 17.4 Å². The first-order chi connectivity index (χ1) is 7.14. The molecule has 0 radical (unpaired) electrons. The Balaban J connectivity index is 2.23. The second kappa shape index (κ2) is 4.09. The van der Waals surface area contributed by atoms with Gasteiger partial charge in [0.05, 0.1) is 0 Å². The van der Waals surface area contributed by atoms with Gasteiger partial charge in [0.2, 0.25) is 0 Å². The van der Waals surface area contributed by atoms with Crippen LogP contribution in [0.25, 0.3) is 0 Å². The van der Waals surface area contributed by atoms with E-state index < -0.39 is 11.8 Å². The lowest BCUT2D eigenvalue weighted by molar-refractivity contribution is -0.0286. The highest BCUT2D eigenvalue weighted by atomic mass is 35.5. The summed E-state index contributed by atoms with van der Waals surface area (Å²) in [4.78, 5) is 0. The molecule has 1 aromatic rings. The SMILES string of the molecule is FC(F)(c1cccc(CCCl)c1)C1CC1. The minimum atomic E-state index is -2.65. The van der Waals surface area contributed by atoms with Crippen molar-refractivity contribution in [2.24, 2.45) is 5.92 Å². The number of halogens is 3. The van der Waals surface area contributed by atoms with Gasteiger partial charge in [-0.05, 0) is 30.9 Å². The molecule has 0 amide bonds. The van der Waals surface area contributed by atoms with Crippen LogP contribution in [0.1, 0.15) is 24.0 Å². The molecule has 2 rings (SSSR count). The molecule has 82 valence electrons. The Bertz CT molecular complexity index is 345. The summed E-state index contributed by atoms with van der Waals surface area (Å²) < 4.78 is 27.5. The van der Waals surface area contributed by atoms with Gasteiger partial charge in [-0.2, -0.15) is 0 Å². The van der Waals surface area contributed by atoms with E-state index in [9.17, 15) is 8.78 Å². The van der Waals surface area contributed by atoms with Crippen LogP contribution in [0.5, 0.6) is 0 Å². The number of hydrogen-bond acceptors (Lipinski definition) is 0. The van der Waals surface area contributed by atoms with E-state index in [0.29, 0.717) is 25.1 Å². The molecule has 15 heavy (non-hydrogen) atoms. The van der Waals surface area contributed by atoms with Gasteiger partial charge in [-0.3, -0.25) is 0 Å². The molecule has 0 spiro atoms. The molecule has 0 N–H and O–H groups in total. The highest BCUT2D eigenvalue weighted by Crippen LogP contribution is 2.49. The molecule has 3 heteroatoms. The summed E-state index contributed by atoms with van der Waals surface area (Å²) in [6, 6.07) is 6.62. The average molecular weight is 231 g/mol. The number of benzene rings is 1. The van der Waals surface area contributed by atoms with E-state index in [-0.39, 0.29) is 5.56 Å². The maximum Gasteiger partial charge on any atom is 0.276 e. The molecule has 0 nitrogen and oxygen atoms in total. The Morgan fingerprint density at radius 2 is 2.07 bits per heavy atom. The molecule has 0 unspecified atom stereocenters. The second-order valence-electron chi connectivity index (χ2n) is 4.04. The van der Waals surface area contributed by atoms with Crippen molar-refractivity contribution in [2.75, 3.05) is 5.88 Å². The van der Waals surface area contributed by atoms with Crippen LogP contribution in [0.4, 0.5) is 8.78 Å². The maximum absolute atomic E-state index is 13.7. The summed E-state index contributed by atoms with van der Waals surface area (Å²) in [7, 11) is 0. The predicted molar refractivity (Wildman–Crippen MR) is 57.5 cm³/mol. The fraction of sp³-hybridized carbons (Fsp3) is 0.500. The molecule has 0 aromatic heterocycles. The molecule has 0 saturated heterocycles. The van der Waals surface area contributed by atoms with Crippen LogP contribution in [0.15, 0.2) is 24.3 Å². The summed E-state index contributed by atoms with van der Waals surface area (Å²) in [6.45, 7) is 0. The summed E-state index contributed by atoms with van der Waals surface area (Å²) in [5, 5.41) is 0. The third-order valence-electron chi connectivity index (χ3n) is 2.79. The van der Waals surface area contributed by atoms with Crippen LogP contribution < -0.4 is 0 Å². The van der Waals surface area contributed by atoms with E-state index >= 15 is 0 Å². The first-order valence-electron chi connectivity index (χ1n) is 5.18. The Labute approximate surface area is 93.2 Å². The van der Waals surface area contributed by atoms with Crippen molar-refractivity contribution in [1.29, 1.82) is 0 Å². The zero-order chi connectivity index (χ0) is 10.9. The number of aryl methyl sites for hydroxylation is 1. The van der Waals surface area contributed by atoms with Crippen molar-refractivity contribution in [3.63, 3.8) is 0 Å². The van der Waals surface area contributed by atoms with Crippen molar-refractivity contribution in [2.45, 2.75) is 25.2 Å². The molecule has 1 aliphatic rings. The molecule has 1 aliphatic carbocycles. The normalized spacial score (nSPS) is 16.7. The fourth-order valence-corrected chi connectivity index (χ4v) is 1.94. The van der Waals surface area contributed by atoms with Crippen molar-refractivity contribution < 1.29 is 8.78 Å². The molecule has 1 aromatic carbocycles. The van der Waals surface area contributed by atoms with Crippen molar-refractivity contribution in [3.8, 4) is 0 Å². The van der Waals surface area contributed by atoms with Crippen molar-refractivity contribution in [1.82, 2.24) is 0 Å². The van der Waals surface area contributed by atoms with E-state index in [4.69, 9.17) is 11.6 Å². The number of hydrogen-bond donors (Lipinski definition) is 0. The van der Waals surface area contributed by atoms with E-state index in [1.165, 1.54) is 6.07 Å². The standard InChI is InChI=1S/C12H13ClF2/c13-7-6-9-2-1-3-11(8-9)12(14,15)10-4-5-10/h1-3,8,10H,4-7H2. The Hall–Kier alpha value is -0.630. The zero-order valence-electron chi connectivity index (χ0n) is 8.35. The topological polar surface area (TPSA) is 0 Å². The van der Waals surface area contributed by atoms with Crippen LogP contribution in [-0.2, 0) is 12.3 Å². The van der Waals surface area contributed by atoms with Crippen LogP contribution in [0, 0.1) is 5.92 Å². The lowest BCUT2D eigenvalue weighted by atomic mass is 10.0. The van der Waals surface area contributed by atoms with Gasteiger partial charge in [0.1, 0.15) is 0 Å². The Morgan fingerprint density at radius 1 is 1.33 bits per heavy atom. The molecule has 1 fully saturated rings. The smallest absolute Gasteiger partial charge is 0.201 e. The molecular formula is C12H13ClF2. The zero-order valence-corrected chi connectivity index (χ0v) is 9.11. The van der Waals surface area contributed by atoms with Gasteiger partial charge >= 0.3 is 0 Å². The third kappa shape index (κ3) is 2.31. The Morgan fingerprint density at radius 3 is 2.67 bits per heavy atom. The van der Waals surface area contributed by atoms with Gasteiger partial charge in [-0.25, -0.2) is 8.78 Å². The highest BCUT2D eigenvalue weighted by molar-refractivity contribution is 6.17. The van der Waals surface area contributed by atoms with Gasteiger partial charge in [0.25, 0.3) is 5.92 Å². The first kappa shape index (κ1) is 10.9. The molecular weight excluding hydrogens is 218 g/mol. The predicted octanol–water partition coefficient (Wildman–Crippen LogP) is 3.97. The molecule has 0 atom stereocenters. The van der Waals surface area contributed by atoms with E-state index in [1.54, 1.807) is 12.1 Å². The molecule has 0 heterocycles. The number of alkyl halides is 3. The fourth-order valence-electron chi connectivity index (χ4n) is 1.72. The lowest BCUT2D eigenvalue weighted by Gasteiger charge is -2.16.